The number of nitrogens with zero attached hydrogens (tertiary/aromatic N) is 1. The second-order valence-electron chi connectivity index (χ2n) is 7.86. The average molecular weight is 381 g/mol. The first-order valence-corrected chi connectivity index (χ1v) is 10.5. The van der Waals surface area contributed by atoms with Gasteiger partial charge in [0.25, 0.3) is 0 Å². The van der Waals surface area contributed by atoms with Crippen LogP contribution in [0.15, 0.2) is 25.3 Å². The number of rotatable bonds is 18. The van der Waals surface area contributed by atoms with Crippen LogP contribution in [0, 0.1) is 0 Å². The number of unbranched alkanes of at least 4 members (excludes halogenated alkanes) is 6. The summed E-state index contributed by atoms with van der Waals surface area (Å²) in [5, 5.41) is 6.01. The fourth-order valence-electron chi connectivity index (χ4n) is 2.79. The molecule has 27 heavy (non-hydrogen) atoms. The van der Waals surface area contributed by atoms with Crippen LogP contribution in [0.3, 0.4) is 0 Å². The summed E-state index contributed by atoms with van der Waals surface area (Å²) in [5.41, 5.74) is 0. The first kappa shape index (κ1) is 25.4. The van der Waals surface area contributed by atoms with Gasteiger partial charge in [0, 0.05) is 12.8 Å². The van der Waals surface area contributed by atoms with Gasteiger partial charge >= 0.3 is 0 Å². The maximum absolute atomic E-state index is 11.8. The van der Waals surface area contributed by atoms with Gasteiger partial charge in [-0.15, -0.1) is 13.2 Å². The van der Waals surface area contributed by atoms with Crippen LogP contribution in [0.25, 0.3) is 0 Å². The minimum Gasteiger partial charge on any atom is -0.350 e. The fraction of sp³-hybridized carbons (Fsp3) is 0.727. The largest absolute Gasteiger partial charge is 0.350 e. The predicted molar refractivity (Wildman–Crippen MR) is 114 cm³/mol. The molecular formula is C22H42N3O2+. The lowest BCUT2D eigenvalue weighted by Gasteiger charge is -2.30. The molecule has 0 atom stereocenters. The van der Waals surface area contributed by atoms with E-state index in [0.29, 0.717) is 25.9 Å². The van der Waals surface area contributed by atoms with Crippen LogP contribution < -0.4 is 10.6 Å². The fourth-order valence-corrected chi connectivity index (χ4v) is 2.79. The number of hydrogen-bond donors (Lipinski definition) is 2. The smallest absolute Gasteiger partial charge is 0.220 e. The van der Waals surface area contributed by atoms with Crippen molar-refractivity contribution in [3.05, 3.63) is 25.3 Å². The lowest BCUT2D eigenvalue weighted by Crippen LogP contribution is -2.49. The molecule has 5 heteroatoms. The summed E-state index contributed by atoms with van der Waals surface area (Å²) in [6.45, 7) is 10.5. The summed E-state index contributed by atoms with van der Waals surface area (Å²) in [6.07, 6.45) is 13.4. The molecule has 0 aliphatic rings. The molecule has 5 nitrogen and oxygen atoms in total. The molecule has 0 radical (unpaired) electrons. The third-order valence-corrected chi connectivity index (χ3v) is 4.70. The van der Waals surface area contributed by atoms with Crippen LogP contribution >= 0.6 is 0 Å². The number of amides is 2. The van der Waals surface area contributed by atoms with Gasteiger partial charge in [-0.25, -0.2) is 0 Å². The molecule has 0 saturated carbocycles. The molecule has 0 aliphatic carbocycles. The van der Waals surface area contributed by atoms with Crippen molar-refractivity contribution in [2.24, 2.45) is 0 Å². The van der Waals surface area contributed by atoms with E-state index >= 15 is 0 Å². The molecule has 0 bridgehead atoms. The monoisotopic (exact) mass is 380 g/mol. The number of allylic oxidation sites excluding steroid dienone is 2. The first-order chi connectivity index (χ1) is 12.9. The Bertz CT molecular complexity index is 395. The quantitative estimate of drug-likeness (QED) is 0.217. The van der Waals surface area contributed by atoms with Gasteiger partial charge in [-0.1, -0.05) is 25.0 Å². The third kappa shape index (κ3) is 17.5. The van der Waals surface area contributed by atoms with Gasteiger partial charge in [0.1, 0.15) is 0 Å². The maximum atomic E-state index is 11.8. The van der Waals surface area contributed by atoms with Gasteiger partial charge in [-0.2, -0.15) is 0 Å². The molecule has 0 aliphatic heterocycles. The van der Waals surface area contributed by atoms with Crippen LogP contribution in [0.5, 0.6) is 0 Å². The van der Waals surface area contributed by atoms with E-state index in [0.717, 1.165) is 68.9 Å². The Morgan fingerprint density at radius 3 is 1.52 bits per heavy atom. The van der Waals surface area contributed by atoms with E-state index in [1.165, 1.54) is 0 Å². The van der Waals surface area contributed by atoms with Crippen LogP contribution in [0.4, 0.5) is 0 Å². The Balaban J connectivity index is 3.69. The van der Waals surface area contributed by atoms with Gasteiger partial charge in [-0.3, -0.25) is 9.59 Å². The number of hydrogen-bond acceptors (Lipinski definition) is 2. The van der Waals surface area contributed by atoms with Crippen molar-refractivity contribution >= 4 is 11.8 Å². The lowest BCUT2D eigenvalue weighted by atomic mass is 10.1. The normalized spacial score (nSPS) is 11.0. The van der Waals surface area contributed by atoms with E-state index in [1.807, 2.05) is 12.2 Å². The number of carbonyl (C=O) groups excluding carboxylic acids is 2. The van der Waals surface area contributed by atoms with Crippen LogP contribution in [-0.4, -0.2) is 56.6 Å². The summed E-state index contributed by atoms with van der Waals surface area (Å²) in [7, 11) is 4.26. The van der Waals surface area contributed by atoms with Gasteiger partial charge in [0.15, 0.2) is 0 Å². The summed E-state index contributed by atoms with van der Waals surface area (Å²) >= 11 is 0. The van der Waals surface area contributed by atoms with E-state index in [1.54, 1.807) is 0 Å². The van der Waals surface area contributed by atoms with Crippen LogP contribution in [0.2, 0.25) is 0 Å². The molecule has 0 heterocycles. The SMILES string of the molecule is C=CCCCCCC(=O)NCC[N+](C)(C)CCNC(=O)CCCCCC=C. The molecule has 0 spiro atoms. The Kier molecular flexibility index (Phi) is 15.6. The van der Waals surface area contributed by atoms with Gasteiger partial charge in [-0.05, 0) is 38.5 Å². The summed E-state index contributed by atoms with van der Waals surface area (Å²) < 4.78 is 0.777. The molecule has 0 aromatic heterocycles. The molecule has 2 amide bonds. The van der Waals surface area contributed by atoms with E-state index in [9.17, 15) is 9.59 Å². The molecule has 0 saturated heterocycles. The summed E-state index contributed by atoms with van der Waals surface area (Å²) in [6, 6.07) is 0. The highest BCUT2D eigenvalue weighted by Crippen LogP contribution is 2.04. The second kappa shape index (κ2) is 16.5. The molecule has 0 fully saturated rings. The zero-order valence-corrected chi connectivity index (χ0v) is 17.7. The molecule has 156 valence electrons. The Morgan fingerprint density at radius 2 is 1.15 bits per heavy atom. The minimum absolute atomic E-state index is 0.137. The summed E-state index contributed by atoms with van der Waals surface area (Å²) in [4.78, 5) is 23.7. The average Bonchev–Trinajstić information content (AvgIpc) is 2.61. The predicted octanol–water partition coefficient (Wildman–Crippen LogP) is 3.57. The van der Waals surface area contributed by atoms with Crippen molar-refractivity contribution < 1.29 is 14.1 Å². The second-order valence-corrected chi connectivity index (χ2v) is 7.86. The number of nitrogens with one attached hydrogen (secondary N) is 2. The molecule has 0 aromatic rings. The third-order valence-electron chi connectivity index (χ3n) is 4.70. The van der Waals surface area contributed by atoms with E-state index in [-0.39, 0.29) is 11.8 Å². The molecule has 0 aromatic carbocycles. The maximum Gasteiger partial charge on any atom is 0.220 e. The molecular weight excluding hydrogens is 338 g/mol. The van der Waals surface area contributed by atoms with Gasteiger partial charge < -0.3 is 15.1 Å². The first-order valence-electron chi connectivity index (χ1n) is 10.5. The highest BCUT2D eigenvalue weighted by Gasteiger charge is 2.15. The highest BCUT2D eigenvalue weighted by molar-refractivity contribution is 5.76. The van der Waals surface area contributed by atoms with E-state index < -0.39 is 0 Å². The van der Waals surface area contributed by atoms with E-state index in [2.05, 4.69) is 37.9 Å². The number of likely N-dealkylation sites (N-methyl/N-ethyl adjacent to an activating group) is 1. The van der Waals surface area contributed by atoms with Crippen molar-refractivity contribution in [1.29, 1.82) is 0 Å². The van der Waals surface area contributed by atoms with Crippen molar-refractivity contribution in [3.8, 4) is 0 Å². The number of quaternary nitrogens is 1. The zero-order valence-electron chi connectivity index (χ0n) is 17.7. The lowest BCUT2D eigenvalue weighted by molar-refractivity contribution is -0.887. The van der Waals surface area contributed by atoms with Crippen molar-refractivity contribution in [3.63, 3.8) is 0 Å². The molecule has 2 N–H and O–H groups in total. The van der Waals surface area contributed by atoms with Crippen LogP contribution in [0.1, 0.15) is 64.2 Å². The minimum atomic E-state index is 0.137. The topological polar surface area (TPSA) is 58.2 Å². The van der Waals surface area contributed by atoms with Crippen LogP contribution in [-0.2, 0) is 9.59 Å². The van der Waals surface area contributed by atoms with Crippen molar-refractivity contribution in [2.45, 2.75) is 64.2 Å². The highest BCUT2D eigenvalue weighted by atomic mass is 16.2. The standard InChI is InChI=1S/C22H41N3O2/c1-5-7-9-11-13-15-21(26)23-17-19-25(3,4)20-18-24-22(27)16-14-12-10-8-6-2/h5-6H,1-2,7-20H2,3-4H3,(H-,23,24,26,27)/p+1. The zero-order chi connectivity index (χ0) is 20.4. The van der Waals surface area contributed by atoms with E-state index in [4.69, 9.17) is 0 Å². The van der Waals surface area contributed by atoms with Gasteiger partial charge in [0.05, 0.1) is 40.3 Å². The van der Waals surface area contributed by atoms with Crippen molar-refractivity contribution in [2.75, 3.05) is 40.3 Å². The van der Waals surface area contributed by atoms with Gasteiger partial charge in [0.2, 0.25) is 11.8 Å². The Morgan fingerprint density at radius 1 is 0.741 bits per heavy atom. The Labute approximate surface area is 166 Å². The Hall–Kier alpha value is -1.62. The molecule has 0 unspecified atom stereocenters. The number of carbonyl (C=O) groups is 2. The molecule has 0 rings (SSSR count). The van der Waals surface area contributed by atoms with Crippen molar-refractivity contribution in [1.82, 2.24) is 10.6 Å². The summed E-state index contributed by atoms with van der Waals surface area (Å²) in [5.74, 6) is 0.275.